The summed E-state index contributed by atoms with van der Waals surface area (Å²) in [4.78, 5) is 1.41. The maximum Gasteiger partial charge on any atom is 0.00719 e. The zero-order chi connectivity index (χ0) is 10.8. The molecule has 0 saturated heterocycles. The van der Waals surface area contributed by atoms with Crippen LogP contribution in [-0.2, 0) is 0 Å². The third-order valence-corrected chi connectivity index (χ3v) is 3.61. The average Bonchev–Trinajstić information content (AvgIpc) is 2.29. The molecule has 86 valence electrons. The van der Waals surface area contributed by atoms with Gasteiger partial charge in [0.1, 0.15) is 0 Å². The van der Waals surface area contributed by atoms with Crippen molar-refractivity contribution in [3.05, 3.63) is 30.3 Å². The number of hydrogen-bond acceptors (Lipinski definition) is 1. The number of thioether (sulfide) groups is 1. The number of benzene rings is 1. The predicted octanol–water partition coefficient (Wildman–Crippen LogP) is 4.76. The van der Waals surface area contributed by atoms with Crippen molar-refractivity contribution < 1.29 is 0 Å². The Morgan fingerprint density at radius 1 is 0.875 bits per heavy atom. The van der Waals surface area contributed by atoms with Crippen LogP contribution in [0.2, 0.25) is 0 Å². The molecule has 0 saturated carbocycles. The smallest absolute Gasteiger partial charge is 0.00719 e. The Hall–Kier alpha value is 1.14. The second-order valence-corrected chi connectivity index (χ2v) is 5.10. The molecule has 2 radical (unpaired) electrons. The van der Waals surface area contributed by atoms with Gasteiger partial charge in [-0.05, 0) is 24.3 Å². The first kappa shape index (κ1) is 17.1. The van der Waals surface area contributed by atoms with E-state index in [2.05, 4.69) is 37.3 Å². The van der Waals surface area contributed by atoms with Crippen LogP contribution in [0.3, 0.4) is 0 Å². The van der Waals surface area contributed by atoms with Crippen LogP contribution < -0.4 is 0 Å². The quantitative estimate of drug-likeness (QED) is 0.366. The van der Waals surface area contributed by atoms with E-state index in [1.54, 1.807) is 0 Å². The van der Waals surface area contributed by atoms with Crippen LogP contribution in [-0.4, -0.2) is 54.6 Å². The first-order valence-electron chi connectivity index (χ1n) is 6.11. The zero-order valence-corrected chi connectivity index (χ0v) is 15.7. The molecule has 1 rings (SSSR count). The van der Waals surface area contributed by atoms with Crippen molar-refractivity contribution in [2.75, 3.05) is 5.75 Å². The van der Waals surface area contributed by atoms with Gasteiger partial charge in [-0.2, -0.15) is 0 Å². The van der Waals surface area contributed by atoms with E-state index in [9.17, 15) is 0 Å². The van der Waals surface area contributed by atoms with Gasteiger partial charge in [-0.25, -0.2) is 0 Å². The molecule has 0 heterocycles. The molecular weight excluding hydrogens is 338 g/mol. The Labute approximate surface area is 145 Å². The molecule has 1 aromatic rings. The van der Waals surface area contributed by atoms with E-state index in [1.807, 2.05) is 11.8 Å². The Morgan fingerprint density at radius 2 is 1.50 bits per heavy atom. The van der Waals surface area contributed by atoms with Crippen LogP contribution in [0.4, 0.5) is 0 Å². The summed E-state index contributed by atoms with van der Waals surface area (Å²) in [6, 6.07) is 10.7. The summed E-state index contributed by atoms with van der Waals surface area (Å²) in [6.45, 7) is 2.27. The molecule has 2 heteroatoms. The van der Waals surface area contributed by atoms with Gasteiger partial charge in [0.15, 0.2) is 0 Å². The topological polar surface area (TPSA) is 0 Å². The molecule has 0 aliphatic heterocycles. The molecule has 0 N–H and O–H groups in total. The largest absolute Gasteiger partial charge is 0.126 e. The van der Waals surface area contributed by atoms with Gasteiger partial charge in [-0.3, -0.25) is 0 Å². The van der Waals surface area contributed by atoms with Gasteiger partial charge in [-0.1, -0.05) is 57.2 Å². The van der Waals surface area contributed by atoms with E-state index in [4.69, 9.17) is 0 Å². The molecule has 0 spiro atoms. The molecule has 0 aromatic heterocycles. The van der Waals surface area contributed by atoms with Gasteiger partial charge in [0.05, 0.1) is 0 Å². The molecule has 0 bridgehead atoms. The molecule has 0 aliphatic carbocycles. The van der Waals surface area contributed by atoms with Gasteiger partial charge >= 0.3 is 0 Å². The van der Waals surface area contributed by atoms with Crippen molar-refractivity contribution >= 4 is 60.6 Å². The fraction of sp³-hybridized carbons (Fsp3) is 0.571. The molecule has 16 heavy (non-hydrogen) atoms. The fourth-order valence-corrected chi connectivity index (χ4v) is 2.52. The monoisotopic (exact) mass is 360 g/mol. The molecule has 0 nitrogen and oxygen atoms in total. The van der Waals surface area contributed by atoms with Gasteiger partial charge in [0, 0.05) is 53.8 Å². The van der Waals surface area contributed by atoms with Crippen molar-refractivity contribution in [3.8, 4) is 0 Å². The Balaban J connectivity index is 0.00000225. The molecule has 0 atom stereocenters. The number of hydrogen-bond donors (Lipinski definition) is 0. The maximum absolute atomic E-state index is 2.27. The van der Waals surface area contributed by atoms with E-state index < -0.39 is 0 Å². The van der Waals surface area contributed by atoms with Crippen LogP contribution in [0.15, 0.2) is 35.2 Å². The van der Waals surface area contributed by atoms with Crippen LogP contribution in [0.25, 0.3) is 0 Å². The predicted molar refractivity (Wildman–Crippen MR) is 76.3 cm³/mol. The van der Waals surface area contributed by atoms with Crippen molar-refractivity contribution in [2.24, 2.45) is 0 Å². The van der Waals surface area contributed by atoms with Gasteiger partial charge < -0.3 is 0 Å². The van der Waals surface area contributed by atoms with Crippen molar-refractivity contribution in [3.63, 3.8) is 0 Å². The summed E-state index contributed by atoms with van der Waals surface area (Å²) in [6.07, 6.45) is 8.36. The van der Waals surface area contributed by atoms with Gasteiger partial charge in [-0.15, -0.1) is 11.8 Å². The maximum atomic E-state index is 2.27. The minimum absolute atomic E-state index is 0. The molecule has 0 amide bonds. The Kier molecular flexibility index (Phi) is 13.5. The standard InChI is InChI=1S/C14H22S.Ba/c1-2-3-4-5-6-10-13-15-14-11-8-7-9-12-14;/h7-9,11-12H,2-6,10,13H2,1H3;. The minimum atomic E-state index is 0. The first-order chi connectivity index (χ1) is 7.43. The molecule has 0 unspecified atom stereocenters. The SMILES string of the molecule is CCCCCCCCSc1ccccc1.[Ba]. The van der Waals surface area contributed by atoms with Crippen LogP contribution in [0.1, 0.15) is 45.4 Å². The van der Waals surface area contributed by atoms with E-state index in [1.165, 1.54) is 49.2 Å². The molecular formula is C14H22BaS. The second-order valence-electron chi connectivity index (χ2n) is 3.93. The summed E-state index contributed by atoms with van der Waals surface area (Å²) in [5.41, 5.74) is 0. The number of rotatable bonds is 8. The van der Waals surface area contributed by atoms with E-state index in [0.717, 1.165) is 0 Å². The second kappa shape index (κ2) is 12.6. The average molecular weight is 360 g/mol. The Bertz CT molecular complexity index is 236. The van der Waals surface area contributed by atoms with Crippen LogP contribution >= 0.6 is 11.8 Å². The molecule has 0 fully saturated rings. The van der Waals surface area contributed by atoms with Gasteiger partial charge in [0.2, 0.25) is 0 Å². The summed E-state index contributed by atoms with van der Waals surface area (Å²) < 4.78 is 0. The van der Waals surface area contributed by atoms with Crippen LogP contribution in [0.5, 0.6) is 0 Å². The van der Waals surface area contributed by atoms with E-state index >= 15 is 0 Å². The molecule has 1 aromatic carbocycles. The summed E-state index contributed by atoms with van der Waals surface area (Å²) >= 11 is 1.98. The Morgan fingerprint density at radius 3 is 2.19 bits per heavy atom. The summed E-state index contributed by atoms with van der Waals surface area (Å²) in [5.74, 6) is 1.27. The summed E-state index contributed by atoms with van der Waals surface area (Å²) in [7, 11) is 0. The van der Waals surface area contributed by atoms with Crippen molar-refractivity contribution in [1.82, 2.24) is 0 Å². The third kappa shape index (κ3) is 9.20. The fourth-order valence-electron chi connectivity index (χ4n) is 1.59. The minimum Gasteiger partial charge on any atom is -0.126 e. The number of unbranched alkanes of at least 4 members (excludes halogenated alkanes) is 5. The summed E-state index contributed by atoms with van der Waals surface area (Å²) in [5, 5.41) is 0. The van der Waals surface area contributed by atoms with Gasteiger partial charge in [0.25, 0.3) is 0 Å². The van der Waals surface area contributed by atoms with E-state index in [0.29, 0.717) is 0 Å². The van der Waals surface area contributed by atoms with Crippen molar-refractivity contribution in [1.29, 1.82) is 0 Å². The molecule has 0 aliphatic rings. The first-order valence-corrected chi connectivity index (χ1v) is 7.10. The zero-order valence-electron chi connectivity index (χ0n) is 10.5. The van der Waals surface area contributed by atoms with E-state index in [-0.39, 0.29) is 48.9 Å². The van der Waals surface area contributed by atoms with Crippen LogP contribution in [0, 0.1) is 0 Å². The normalized spacial score (nSPS) is 9.81. The van der Waals surface area contributed by atoms with Crippen molar-refractivity contribution in [2.45, 2.75) is 50.3 Å². The third-order valence-electron chi connectivity index (χ3n) is 2.51.